The van der Waals surface area contributed by atoms with Crippen LogP contribution in [-0.2, 0) is 0 Å². The van der Waals surface area contributed by atoms with E-state index in [1.807, 2.05) is 18.2 Å². The zero-order valence-electron chi connectivity index (χ0n) is 13.5. The van der Waals surface area contributed by atoms with Crippen LogP contribution in [-0.4, -0.2) is 34.2 Å². The van der Waals surface area contributed by atoms with E-state index in [2.05, 4.69) is 20.8 Å². The third-order valence-electron chi connectivity index (χ3n) is 4.74. The molecule has 1 aromatic carbocycles. The van der Waals surface area contributed by atoms with Gasteiger partial charge in [0.2, 0.25) is 0 Å². The molecule has 2 aliphatic heterocycles. The maximum absolute atomic E-state index is 12.7. The minimum atomic E-state index is -0.0669. The molecule has 0 aliphatic carbocycles. The van der Waals surface area contributed by atoms with Crippen LogP contribution < -0.4 is 10.6 Å². The lowest BCUT2D eigenvalue weighted by Crippen LogP contribution is -2.48. The number of hydrogen-bond acceptors (Lipinski definition) is 5. The summed E-state index contributed by atoms with van der Waals surface area (Å²) in [6, 6.07) is 8.71. The van der Waals surface area contributed by atoms with Gasteiger partial charge in [0, 0.05) is 18.1 Å². The van der Waals surface area contributed by atoms with E-state index < -0.39 is 0 Å². The number of halogens is 1. The van der Waals surface area contributed by atoms with E-state index in [-0.39, 0.29) is 24.4 Å². The Labute approximate surface area is 146 Å². The van der Waals surface area contributed by atoms with Gasteiger partial charge in [-0.15, -0.1) is 12.4 Å². The zero-order valence-corrected chi connectivity index (χ0v) is 14.3. The lowest BCUT2D eigenvalue weighted by Gasteiger charge is -2.29. The molecule has 1 amide bonds. The molecule has 1 aromatic heterocycles. The van der Waals surface area contributed by atoms with Gasteiger partial charge in [0.05, 0.1) is 11.1 Å². The topological polar surface area (TPSA) is 80.0 Å². The smallest absolute Gasteiger partial charge is 0.258 e. The minimum Gasteiger partial charge on any atom is -0.349 e. The molecule has 2 unspecified atom stereocenters. The number of carbonyl (C=O) groups excluding carboxylic acids is 1. The van der Waals surface area contributed by atoms with E-state index in [0.29, 0.717) is 34.9 Å². The van der Waals surface area contributed by atoms with Gasteiger partial charge in [0.15, 0.2) is 5.82 Å². The predicted molar refractivity (Wildman–Crippen MR) is 92.2 cm³/mol. The summed E-state index contributed by atoms with van der Waals surface area (Å²) in [5, 5.41) is 10.6. The van der Waals surface area contributed by atoms with Crippen LogP contribution in [0.5, 0.6) is 0 Å². The number of hydrogen-bond donors (Lipinski definition) is 2. The Hall–Kier alpha value is -1.92. The Balaban J connectivity index is 0.00000169. The summed E-state index contributed by atoms with van der Waals surface area (Å²) in [6.45, 7) is 1.76. The molecule has 128 valence electrons. The number of rotatable bonds is 3. The molecule has 24 heavy (non-hydrogen) atoms. The summed E-state index contributed by atoms with van der Waals surface area (Å²) in [6.07, 6.45) is 4.44. The zero-order chi connectivity index (χ0) is 15.8. The second kappa shape index (κ2) is 6.91. The third-order valence-corrected chi connectivity index (χ3v) is 4.74. The fraction of sp³-hybridized carbons (Fsp3) is 0.471. The molecule has 7 heteroatoms. The lowest BCUT2D eigenvalue weighted by atomic mass is 9.98. The van der Waals surface area contributed by atoms with Crippen LogP contribution in [0.3, 0.4) is 0 Å². The average molecular weight is 349 g/mol. The van der Waals surface area contributed by atoms with Crippen molar-refractivity contribution in [1.29, 1.82) is 0 Å². The average Bonchev–Trinajstić information content (AvgIpc) is 3.13. The number of benzene rings is 1. The van der Waals surface area contributed by atoms with Gasteiger partial charge in [-0.2, -0.15) is 4.98 Å². The standard InChI is InChI=1S/C17H20N4O2.ClH/c1-10-18-17(23-21-10)15-5-3-2-4-14(15)16(22)20-13-8-11-6-7-12(9-13)19-11;/h2-5,11-13,19H,6-9H2,1H3,(H,20,22);1H. The fourth-order valence-corrected chi connectivity index (χ4v) is 3.71. The van der Waals surface area contributed by atoms with Crippen LogP contribution in [0.15, 0.2) is 28.8 Å². The third kappa shape index (κ3) is 3.30. The van der Waals surface area contributed by atoms with Crippen LogP contribution in [0, 0.1) is 6.92 Å². The van der Waals surface area contributed by atoms with Crippen LogP contribution in [0.25, 0.3) is 11.5 Å². The molecule has 2 aromatic rings. The Morgan fingerprint density at radius 3 is 2.62 bits per heavy atom. The maximum atomic E-state index is 12.7. The van der Waals surface area contributed by atoms with E-state index in [9.17, 15) is 4.79 Å². The first-order valence-electron chi connectivity index (χ1n) is 8.15. The number of fused-ring (bicyclic) bond motifs is 2. The van der Waals surface area contributed by atoms with Crippen molar-refractivity contribution >= 4 is 18.3 Å². The van der Waals surface area contributed by atoms with Gasteiger partial charge in [0.25, 0.3) is 11.8 Å². The number of piperidine rings is 1. The van der Waals surface area contributed by atoms with Gasteiger partial charge in [-0.1, -0.05) is 17.3 Å². The van der Waals surface area contributed by atoms with Crippen molar-refractivity contribution in [2.45, 2.75) is 50.7 Å². The Bertz CT molecular complexity index is 721. The molecule has 2 N–H and O–H groups in total. The summed E-state index contributed by atoms with van der Waals surface area (Å²) >= 11 is 0. The van der Waals surface area contributed by atoms with Gasteiger partial charge in [-0.25, -0.2) is 0 Å². The molecule has 3 heterocycles. The van der Waals surface area contributed by atoms with Gasteiger partial charge >= 0.3 is 0 Å². The maximum Gasteiger partial charge on any atom is 0.258 e. The molecule has 2 fully saturated rings. The molecule has 2 saturated heterocycles. The van der Waals surface area contributed by atoms with Crippen LogP contribution in [0.1, 0.15) is 41.9 Å². The molecule has 0 saturated carbocycles. The lowest BCUT2D eigenvalue weighted by molar-refractivity contribution is 0.0924. The molecule has 4 rings (SSSR count). The molecule has 2 atom stereocenters. The summed E-state index contributed by atoms with van der Waals surface area (Å²) in [5.74, 6) is 0.881. The van der Waals surface area contributed by atoms with Crippen molar-refractivity contribution < 1.29 is 9.32 Å². The second-order valence-corrected chi connectivity index (χ2v) is 6.47. The van der Waals surface area contributed by atoms with Crippen LogP contribution in [0.4, 0.5) is 0 Å². The molecule has 0 spiro atoms. The Morgan fingerprint density at radius 1 is 1.25 bits per heavy atom. The quantitative estimate of drug-likeness (QED) is 0.890. The SMILES string of the molecule is Cc1noc(-c2ccccc2C(=O)NC2CC3CCC(C2)N3)n1.Cl. The summed E-state index contributed by atoms with van der Waals surface area (Å²) < 4.78 is 5.22. The molecule has 6 nitrogen and oxygen atoms in total. The van der Waals surface area contributed by atoms with E-state index in [0.717, 1.165) is 12.8 Å². The van der Waals surface area contributed by atoms with Crippen molar-refractivity contribution in [3.63, 3.8) is 0 Å². The largest absolute Gasteiger partial charge is 0.349 e. The first kappa shape index (κ1) is 16.9. The number of amides is 1. The van der Waals surface area contributed by atoms with Crippen LogP contribution in [0.2, 0.25) is 0 Å². The number of nitrogens with one attached hydrogen (secondary N) is 2. The molecular formula is C17H21ClN4O2. The van der Waals surface area contributed by atoms with Crippen molar-refractivity contribution in [2.75, 3.05) is 0 Å². The molecular weight excluding hydrogens is 328 g/mol. The van der Waals surface area contributed by atoms with Crippen LogP contribution >= 0.6 is 12.4 Å². The monoisotopic (exact) mass is 348 g/mol. The van der Waals surface area contributed by atoms with Gasteiger partial charge < -0.3 is 15.2 Å². The Morgan fingerprint density at radius 2 is 1.96 bits per heavy atom. The second-order valence-electron chi connectivity index (χ2n) is 6.47. The van der Waals surface area contributed by atoms with E-state index in [1.54, 1.807) is 13.0 Å². The van der Waals surface area contributed by atoms with Gasteiger partial charge in [0.1, 0.15) is 0 Å². The highest BCUT2D eigenvalue weighted by Crippen LogP contribution is 2.28. The van der Waals surface area contributed by atoms with Crippen molar-refractivity contribution in [1.82, 2.24) is 20.8 Å². The number of nitrogens with zero attached hydrogens (tertiary/aromatic N) is 2. The highest BCUT2D eigenvalue weighted by molar-refractivity contribution is 6.00. The van der Waals surface area contributed by atoms with Gasteiger partial charge in [-0.3, -0.25) is 4.79 Å². The summed E-state index contributed by atoms with van der Waals surface area (Å²) in [4.78, 5) is 17.0. The number of aromatic nitrogens is 2. The molecule has 0 radical (unpaired) electrons. The van der Waals surface area contributed by atoms with Crippen molar-refractivity contribution in [2.24, 2.45) is 0 Å². The summed E-state index contributed by atoms with van der Waals surface area (Å²) in [5.41, 5.74) is 1.27. The summed E-state index contributed by atoms with van der Waals surface area (Å²) in [7, 11) is 0. The van der Waals surface area contributed by atoms with E-state index >= 15 is 0 Å². The van der Waals surface area contributed by atoms with Crippen molar-refractivity contribution in [3.05, 3.63) is 35.7 Å². The highest BCUT2D eigenvalue weighted by atomic mass is 35.5. The normalized spacial score (nSPS) is 25.1. The first-order valence-corrected chi connectivity index (χ1v) is 8.15. The fourth-order valence-electron chi connectivity index (χ4n) is 3.71. The minimum absolute atomic E-state index is 0. The van der Waals surface area contributed by atoms with Crippen molar-refractivity contribution in [3.8, 4) is 11.5 Å². The Kier molecular flexibility index (Phi) is 4.87. The first-order chi connectivity index (χ1) is 11.2. The number of carbonyl (C=O) groups is 1. The van der Waals surface area contributed by atoms with E-state index in [1.165, 1.54) is 12.8 Å². The van der Waals surface area contributed by atoms with Gasteiger partial charge in [-0.05, 0) is 44.7 Å². The predicted octanol–water partition coefficient (Wildman–Crippen LogP) is 2.48. The molecule has 2 aliphatic rings. The highest BCUT2D eigenvalue weighted by Gasteiger charge is 2.34. The number of aryl methyl sites for hydroxylation is 1. The van der Waals surface area contributed by atoms with E-state index in [4.69, 9.17) is 4.52 Å². The molecule has 2 bridgehead atoms.